The molecule has 1 amide bonds. The Morgan fingerprint density at radius 2 is 2.18 bits per heavy atom. The lowest BCUT2D eigenvalue weighted by Crippen LogP contribution is -2.41. The van der Waals surface area contributed by atoms with Crippen molar-refractivity contribution in [3.05, 3.63) is 29.0 Å². The standard InChI is InChI=1S/C10H11ClN2O4/c11-6-1-2-7(12-5-6)9(15)13-8(3-4-14)10(16)17/h1-2,5,8,14H,3-4H2,(H,13,15)(H,16,17). The van der Waals surface area contributed by atoms with Crippen molar-refractivity contribution < 1.29 is 19.8 Å². The molecule has 0 aliphatic carbocycles. The molecule has 3 N–H and O–H groups in total. The van der Waals surface area contributed by atoms with Gasteiger partial charge in [-0.15, -0.1) is 0 Å². The molecular weight excluding hydrogens is 248 g/mol. The van der Waals surface area contributed by atoms with Gasteiger partial charge in [-0.3, -0.25) is 4.79 Å². The number of aliphatic hydroxyl groups excluding tert-OH is 1. The number of hydrogen-bond donors (Lipinski definition) is 3. The summed E-state index contributed by atoms with van der Waals surface area (Å²) < 4.78 is 0. The van der Waals surface area contributed by atoms with E-state index in [1.54, 1.807) is 0 Å². The maximum absolute atomic E-state index is 11.6. The van der Waals surface area contributed by atoms with E-state index in [2.05, 4.69) is 10.3 Å². The molecule has 1 aromatic rings. The summed E-state index contributed by atoms with van der Waals surface area (Å²) in [5.41, 5.74) is 0.0681. The number of nitrogens with zero attached hydrogens (tertiary/aromatic N) is 1. The Bertz CT molecular complexity index is 407. The third-order valence-electron chi connectivity index (χ3n) is 1.98. The number of pyridine rings is 1. The number of halogens is 1. The summed E-state index contributed by atoms with van der Waals surface area (Å²) in [6.07, 6.45) is 1.23. The monoisotopic (exact) mass is 258 g/mol. The zero-order valence-electron chi connectivity index (χ0n) is 8.76. The average molecular weight is 259 g/mol. The summed E-state index contributed by atoms with van der Waals surface area (Å²) in [7, 11) is 0. The van der Waals surface area contributed by atoms with Crippen molar-refractivity contribution in [1.82, 2.24) is 10.3 Å². The van der Waals surface area contributed by atoms with Gasteiger partial charge in [0.15, 0.2) is 0 Å². The van der Waals surface area contributed by atoms with Crippen LogP contribution in [-0.2, 0) is 4.79 Å². The van der Waals surface area contributed by atoms with Gasteiger partial charge in [-0.1, -0.05) is 11.6 Å². The fraction of sp³-hybridized carbons (Fsp3) is 0.300. The first-order valence-electron chi connectivity index (χ1n) is 4.80. The van der Waals surface area contributed by atoms with Crippen molar-refractivity contribution >= 4 is 23.5 Å². The average Bonchev–Trinajstić information content (AvgIpc) is 2.29. The number of hydrogen-bond acceptors (Lipinski definition) is 4. The van der Waals surface area contributed by atoms with Crippen LogP contribution in [0.2, 0.25) is 5.02 Å². The Balaban J connectivity index is 2.70. The molecule has 0 radical (unpaired) electrons. The van der Waals surface area contributed by atoms with Crippen LogP contribution in [0.3, 0.4) is 0 Å². The Labute approximate surface area is 102 Å². The number of amides is 1. The molecule has 0 spiro atoms. The number of carboxylic acids is 1. The van der Waals surface area contributed by atoms with E-state index in [0.717, 1.165) is 0 Å². The first-order chi connectivity index (χ1) is 8.04. The summed E-state index contributed by atoms with van der Waals surface area (Å²) in [6.45, 7) is -0.328. The highest BCUT2D eigenvalue weighted by Gasteiger charge is 2.20. The molecule has 0 saturated heterocycles. The maximum Gasteiger partial charge on any atom is 0.326 e. The molecule has 1 atom stereocenters. The highest BCUT2D eigenvalue weighted by Crippen LogP contribution is 2.06. The maximum atomic E-state index is 11.6. The second-order valence-electron chi connectivity index (χ2n) is 3.24. The van der Waals surface area contributed by atoms with Crippen molar-refractivity contribution in [2.45, 2.75) is 12.5 Å². The highest BCUT2D eigenvalue weighted by molar-refractivity contribution is 6.30. The summed E-state index contributed by atoms with van der Waals surface area (Å²) >= 11 is 5.60. The number of aliphatic carboxylic acids is 1. The molecule has 0 aliphatic heterocycles. The number of carbonyl (C=O) groups excluding carboxylic acids is 1. The Kier molecular flexibility index (Phi) is 4.86. The molecule has 1 aromatic heterocycles. The van der Waals surface area contributed by atoms with Gasteiger partial charge in [-0.25, -0.2) is 9.78 Å². The van der Waals surface area contributed by atoms with Crippen molar-refractivity contribution in [3.8, 4) is 0 Å². The first-order valence-corrected chi connectivity index (χ1v) is 5.18. The third kappa shape index (κ3) is 4.01. The van der Waals surface area contributed by atoms with Gasteiger partial charge in [0.2, 0.25) is 0 Å². The quantitative estimate of drug-likeness (QED) is 0.705. The molecule has 17 heavy (non-hydrogen) atoms. The Morgan fingerprint density at radius 1 is 1.47 bits per heavy atom. The van der Waals surface area contributed by atoms with Gasteiger partial charge in [-0.2, -0.15) is 0 Å². The zero-order chi connectivity index (χ0) is 12.8. The fourth-order valence-electron chi connectivity index (χ4n) is 1.13. The van der Waals surface area contributed by atoms with E-state index in [9.17, 15) is 9.59 Å². The molecule has 0 aliphatic rings. The normalized spacial score (nSPS) is 11.9. The van der Waals surface area contributed by atoms with Crippen LogP contribution in [0.5, 0.6) is 0 Å². The van der Waals surface area contributed by atoms with Crippen LogP contribution in [0.1, 0.15) is 16.9 Å². The van der Waals surface area contributed by atoms with Crippen LogP contribution >= 0.6 is 11.6 Å². The molecule has 0 aromatic carbocycles. The summed E-state index contributed by atoms with van der Waals surface area (Å²) in [5, 5.41) is 20.1. The molecular formula is C10H11ClN2O4. The molecule has 0 bridgehead atoms. The minimum Gasteiger partial charge on any atom is -0.480 e. The predicted molar refractivity (Wildman–Crippen MR) is 59.8 cm³/mol. The zero-order valence-corrected chi connectivity index (χ0v) is 9.52. The number of rotatable bonds is 5. The molecule has 6 nitrogen and oxygen atoms in total. The minimum absolute atomic E-state index is 0.0609. The third-order valence-corrected chi connectivity index (χ3v) is 2.20. The van der Waals surface area contributed by atoms with Crippen molar-refractivity contribution in [1.29, 1.82) is 0 Å². The molecule has 0 fully saturated rings. The second kappa shape index (κ2) is 6.17. The number of carboxylic acid groups (broad SMARTS) is 1. The van der Waals surface area contributed by atoms with E-state index >= 15 is 0 Å². The molecule has 1 unspecified atom stereocenters. The largest absolute Gasteiger partial charge is 0.480 e. The Morgan fingerprint density at radius 3 is 2.65 bits per heavy atom. The van der Waals surface area contributed by atoms with Gasteiger partial charge in [0.25, 0.3) is 5.91 Å². The van der Waals surface area contributed by atoms with E-state index in [0.29, 0.717) is 5.02 Å². The number of aliphatic hydroxyl groups is 1. The smallest absolute Gasteiger partial charge is 0.326 e. The van der Waals surface area contributed by atoms with Gasteiger partial charge in [0.1, 0.15) is 11.7 Å². The van der Waals surface area contributed by atoms with Gasteiger partial charge in [0, 0.05) is 19.2 Å². The van der Waals surface area contributed by atoms with E-state index < -0.39 is 17.9 Å². The van der Waals surface area contributed by atoms with E-state index in [1.165, 1.54) is 18.3 Å². The lowest BCUT2D eigenvalue weighted by Gasteiger charge is -2.12. The van der Waals surface area contributed by atoms with Crippen LogP contribution in [0.4, 0.5) is 0 Å². The van der Waals surface area contributed by atoms with E-state index in [1.807, 2.05) is 0 Å². The number of aromatic nitrogens is 1. The van der Waals surface area contributed by atoms with E-state index in [-0.39, 0.29) is 18.7 Å². The molecule has 1 rings (SSSR count). The Hall–Kier alpha value is -1.66. The van der Waals surface area contributed by atoms with Crippen LogP contribution < -0.4 is 5.32 Å². The predicted octanol–water partition coefficient (Wildman–Crippen LogP) is 0.300. The van der Waals surface area contributed by atoms with Gasteiger partial charge in [-0.05, 0) is 12.1 Å². The lowest BCUT2D eigenvalue weighted by molar-refractivity contribution is -0.139. The van der Waals surface area contributed by atoms with Crippen LogP contribution in [0.15, 0.2) is 18.3 Å². The fourth-order valence-corrected chi connectivity index (χ4v) is 1.24. The second-order valence-corrected chi connectivity index (χ2v) is 3.67. The van der Waals surface area contributed by atoms with E-state index in [4.69, 9.17) is 21.8 Å². The van der Waals surface area contributed by atoms with Crippen LogP contribution in [0.25, 0.3) is 0 Å². The highest BCUT2D eigenvalue weighted by atomic mass is 35.5. The number of carbonyl (C=O) groups is 2. The van der Waals surface area contributed by atoms with Gasteiger partial charge >= 0.3 is 5.97 Å². The van der Waals surface area contributed by atoms with Crippen molar-refractivity contribution in [3.63, 3.8) is 0 Å². The van der Waals surface area contributed by atoms with Crippen LogP contribution in [0, 0.1) is 0 Å². The molecule has 7 heteroatoms. The summed E-state index contributed by atoms with van der Waals surface area (Å²) in [6, 6.07) is 1.73. The van der Waals surface area contributed by atoms with Gasteiger partial charge in [0.05, 0.1) is 5.02 Å². The summed E-state index contributed by atoms with van der Waals surface area (Å²) in [5.74, 6) is -1.83. The van der Waals surface area contributed by atoms with Crippen molar-refractivity contribution in [2.75, 3.05) is 6.61 Å². The number of nitrogens with one attached hydrogen (secondary N) is 1. The van der Waals surface area contributed by atoms with Gasteiger partial charge < -0.3 is 15.5 Å². The molecule has 0 saturated carbocycles. The van der Waals surface area contributed by atoms with Crippen LogP contribution in [-0.4, -0.2) is 39.7 Å². The molecule has 92 valence electrons. The topological polar surface area (TPSA) is 99.5 Å². The summed E-state index contributed by atoms with van der Waals surface area (Å²) in [4.78, 5) is 26.1. The minimum atomic E-state index is -1.21. The first kappa shape index (κ1) is 13.4. The molecule has 1 heterocycles. The van der Waals surface area contributed by atoms with Crippen molar-refractivity contribution in [2.24, 2.45) is 0 Å². The SMILES string of the molecule is O=C(NC(CCO)C(=O)O)c1ccc(Cl)cn1. The lowest BCUT2D eigenvalue weighted by atomic mass is 10.2.